The van der Waals surface area contributed by atoms with Crippen molar-refractivity contribution in [1.29, 1.82) is 0 Å². The first kappa shape index (κ1) is 14.9. The van der Waals surface area contributed by atoms with E-state index in [-0.39, 0.29) is 10.6 Å². The number of carbonyl (C=O) groups excluding carboxylic acids is 1. The number of amides is 1. The number of sulfonamides is 1. The van der Waals surface area contributed by atoms with E-state index in [1.165, 1.54) is 30.5 Å². The summed E-state index contributed by atoms with van der Waals surface area (Å²) in [5.41, 5.74) is 3.41. The molecule has 9 heteroatoms. The number of hydrogen-bond donors (Lipinski definition) is 4. The molecule has 1 amide bonds. The van der Waals surface area contributed by atoms with Gasteiger partial charge in [0, 0.05) is 5.69 Å². The number of hydrazine groups is 1. The summed E-state index contributed by atoms with van der Waals surface area (Å²) < 4.78 is 22.5. The third-order valence-corrected chi connectivity index (χ3v) is 3.49. The summed E-state index contributed by atoms with van der Waals surface area (Å²) in [5, 5.41) is 7.56. The van der Waals surface area contributed by atoms with Gasteiger partial charge < -0.3 is 10.7 Å². The monoisotopic (exact) mass is 307 g/mol. The van der Waals surface area contributed by atoms with Gasteiger partial charge in [-0.05, 0) is 30.3 Å². The second kappa shape index (κ2) is 5.87. The predicted molar refractivity (Wildman–Crippen MR) is 77.8 cm³/mol. The van der Waals surface area contributed by atoms with Crippen LogP contribution in [0, 0.1) is 0 Å². The van der Waals surface area contributed by atoms with Crippen molar-refractivity contribution in [3.05, 3.63) is 48.3 Å². The zero-order valence-corrected chi connectivity index (χ0v) is 11.6. The first-order chi connectivity index (χ1) is 9.90. The quantitative estimate of drug-likeness (QED) is 0.472. The second-order valence-electron chi connectivity index (χ2n) is 4.10. The largest absolute Gasteiger partial charge is 0.323 e. The molecular formula is C12H13N5O3S. The molecule has 2 rings (SSSR count). The molecule has 0 saturated carbocycles. The van der Waals surface area contributed by atoms with Crippen LogP contribution in [0.1, 0.15) is 10.5 Å². The molecule has 0 bridgehead atoms. The minimum atomic E-state index is -3.82. The summed E-state index contributed by atoms with van der Waals surface area (Å²) in [5.74, 6) is 4.72. The molecular weight excluding hydrogens is 294 g/mol. The molecule has 0 fully saturated rings. The van der Waals surface area contributed by atoms with Crippen molar-refractivity contribution in [1.82, 2.24) is 4.98 Å². The van der Waals surface area contributed by atoms with Crippen LogP contribution in [0.15, 0.2) is 47.5 Å². The molecule has 0 radical (unpaired) electrons. The number of nitrogen functional groups attached to an aromatic ring is 1. The Hall–Kier alpha value is -2.49. The molecule has 8 nitrogen and oxygen atoms in total. The number of hydrogen-bond acceptors (Lipinski definition) is 6. The SMILES string of the molecule is NNc1ccc(C(=O)Nc2cccc(S(N)(=O)=O)c2)nc1. The fourth-order valence-corrected chi connectivity index (χ4v) is 2.12. The molecule has 1 aromatic heterocycles. The molecule has 6 N–H and O–H groups in total. The van der Waals surface area contributed by atoms with Crippen LogP contribution in [0.5, 0.6) is 0 Å². The number of benzene rings is 1. The maximum absolute atomic E-state index is 12.0. The zero-order valence-electron chi connectivity index (χ0n) is 10.8. The van der Waals surface area contributed by atoms with Gasteiger partial charge in [0.2, 0.25) is 10.0 Å². The van der Waals surface area contributed by atoms with E-state index in [1.54, 1.807) is 12.1 Å². The number of aromatic nitrogens is 1. The highest BCUT2D eigenvalue weighted by Crippen LogP contribution is 2.15. The third-order valence-electron chi connectivity index (χ3n) is 2.58. The van der Waals surface area contributed by atoms with E-state index in [9.17, 15) is 13.2 Å². The second-order valence-corrected chi connectivity index (χ2v) is 5.66. The highest BCUT2D eigenvalue weighted by Gasteiger charge is 2.11. The summed E-state index contributed by atoms with van der Waals surface area (Å²) in [6, 6.07) is 8.69. The highest BCUT2D eigenvalue weighted by atomic mass is 32.2. The molecule has 1 heterocycles. The Morgan fingerprint density at radius 2 is 1.90 bits per heavy atom. The van der Waals surface area contributed by atoms with Crippen LogP contribution in [0.25, 0.3) is 0 Å². The smallest absolute Gasteiger partial charge is 0.274 e. The van der Waals surface area contributed by atoms with Gasteiger partial charge in [0.25, 0.3) is 5.91 Å². The van der Waals surface area contributed by atoms with Gasteiger partial charge >= 0.3 is 0 Å². The Bertz CT molecular complexity index is 759. The number of nitrogens with zero attached hydrogens (tertiary/aromatic N) is 1. The number of anilines is 2. The van der Waals surface area contributed by atoms with Crippen molar-refractivity contribution in [3.8, 4) is 0 Å². The lowest BCUT2D eigenvalue weighted by molar-refractivity contribution is 0.102. The molecule has 110 valence electrons. The van der Waals surface area contributed by atoms with E-state index >= 15 is 0 Å². The molecule has 0 aliphatic heterocycles. The topological polar surface area (TPSA) is 140 Å². The Kier molecular flexibility index (Phi) is 4.17. The van der Waals surface area contributed by atoms with Gasteiger partial charge in [-0.1, -0.05) is 6.07 Å². The van der Waals surface area contributed by atoms with E-state index < -0.39 is 15.9 Å². The van der Waals surface area contributed by atoms with Gasteiger partial charge in [-0.2, -0.15) is 0 Å². The van der Waals surface area contributed by atoms with E-state index in [1.807, 2.05) is 0 Å². The number of carbonyl (C=O) groups is 1. The van der Waals surface area contributed by atoms with Gasteiger partial charge in [0.15, 0.2) is 0 Å². The number of pyridine rings is 1. The molecule has 2 aromatic rings. The Balaban J connectivity index is 2.19. The van der Waals surface area contributed by atoms with Crippen molar-refractivity contribution >= 4 is 27.3 Å². The van der Waals surface area contributed by atoms with E-state index in [4.69, 9.17) is 11.0 Å². The Morgan fingerprint density at radius 3 is 2.48 bits per heavy atom. The van der Waals surface area contributed by atoms with E-state index in [0.29, 0.717) is 11.4 Å². The van der Waals surface area contributed by atoms with Crippen LogP contribution in [-0.2, 0) is 10.0 Å². The fourth-order valence-electron chi connectivity index (χ4n) is 1.56. The minimum absolute atomic E-state index is 0.0871. The molecule has 1 aromatic carbocycles. The van der Waals surface area contributed by atoms with Gasteiger partial charge in [-0.25, -0.2) is 18.5 Å². The van der Waals surface area contributed by atoms with Gasteiger partial charge in [-0.15, -0.1) is 0 Å². The number of nitrogens with two attached hydrogens (primary N) is 2. The lowest BCUT2D eigenvalue weighted by Crippen LogP contribution is -2.16. The van der Waals surface area contributed by atoms with Crippen molar-refractivity contribution < 1.29 is 13.2 Å². The third kappa shape index (κ3) is 3.75. The van der Waals surface area contributed by atoms with Crippen molar-refractivity contribution in [2.24, 2.45) is 11.0 Å². The molecule has 0 aliphatic carbocycles. The van der Waals surface area contributed by atoms with Crippen LogP contribution >= 0.6 is 0 Å². The first-order valence-corrected chi connectivity index (χ1v) is 7.31. The van der Waals surface area contributed by atoms with Crippen LogP contribution in [0.4, 0.5) is 11.4 Å². The standard InChI is InChI=1S/C12H13N5O3S/c13-17-9-4-5-11(15-7-9)12(18)16-8-2-1-3-10(6-8)21(14,19)20/h1-7,17H,13H2,(H,16,18)(H2,14,19,20). The van der Waals surface area contributed by atoms with Crippen molar-refractivity contribution in [3.63, 3.8) is 0 Å². The van der Waals surface area contributed by atoms with Crippen molar-refractivity contribution in [2.45, 2.75) is 4.90 Å². The molecule has 0 atom stereocenters. The number of rotatable bonds is 4. The van der Waals surface area contributed by atoms with Crippen LogP contribution in [-0.4, -0.2) is 19.3 Å². The lowest BCUT2D eigenvalue weighted by atomic mass is 10.3. The maximum Gasteiger partial charge on any atom is 0.274 e. The van der Waals surface area contributed by atoms with Crippen LogP contribution in [0.3, 0.4) is 0 Å². The van der Waals surface area contributed by atoms with Gasteiger partial charge in [0.1, 0.15) is 5.69 Å². The average molecular weight is 307 g/mol. The summed E-state index contributed by atoms with van der Waals surface area (Å²) in [4.78, 5) is 15.8. The van der Waals surface area contributed by atoms with Gasteiger partial charge in [-0.3, -0.25) is 10.6 Å². The van der Waals surface area contributed by atoms with E-state index in [0.717, 1.165) is 0 Å². The zero-order chi connectivity index (χ0) is 15.5. The number of primary sulfonamides is 1. The Morgan fingerprint density at radius 1 is 1.14 bits per heavy atom. The Labute approximate surface area is 121 Å². The minimum Gasteiger partial charge on any atom is -0.323 e. The van der Waals surface area contributed by atoms with Crippen LogP contribution in [0.2, 0.25) is 0 Å². The fraction of sp³-hybridized carbons (Fsp3) is 0. The maximum atomic E-state index is 12.0. The molecule has 0 aliphatic rings. The lowest BCUT2D eigenvalue weighted by Gasteiger charge is -2.06. The number of nitrogens with one attached hydrogen (secondary N) is 2. The molecule has 0 saturated heterocycles. The normalized spacial score (nSPS) is 11.0. The van der Waals surface area contributed by atoms with E-state index in [2.05, 4.69) is 15.7 Å². The molecule has 0 unspecified atom stereocenters. The summed E-state index contributed by atoms with van der Waals surface area (Å²) in [7, 11) is -3.82. The summed E-state index contributed by atoms with van der Waals surface area (Å²) >= 11 is 0. The van der Waals surface area contributed by atoms with Crippen molar-refractivity contribution in [2.75, 3.05) is 10.7 Å². The van der Waals surface area contributed by atoms with Crippen LogP contribution < -0.4 is 21.7 Å². The molecule has 0 spiro atoms. The highest BCUT2D eigenvalue weighted by molar-refractivity contribution is 7.89. The average Bonchev–Trinajstić information content (AvgIpc) is 2.47. The summed E-state index contributed by atoms with van der Waals surface area (Å²) in [6.45, 7) is 0. The van der Waals surface area contributed by atoms with Gasteiger partial charge in [0.05, 0.1) is 16.8 Å². The molecule has 21 heavy (non-hydrogen) atoms. The first-order valence-electron chi connectivity index (χ1n) is 5.77. The summed E-state index contributed by atoms with van der Waals surface area (Å²) in [6.07, 6.45) is 1.40. The predicted octanol–water partition coefficient (Wildman–Crippen LogP) is 0.267.